The first-order valence-electron chi connectivity index (χ1n) is 8.16. The Morgan fingerprint density at radius 3 is 2.77 bits per heavy atom. The Balaban J connectivity index is 1.45. The van der Waals surface area contributed by atoms with Crippen LogP contribution in [0, 0.1) is 0 Å². The summed E-state index contributed by atoms with van der Waals surface area (Å²) in [7, 11) is 0. The number of hydrogen-bond acceptors (Lipinski definition) is 5. The maximum Gasteiger partial charge on any atom is 0.251 e. The number of para-hydroxylation sites is 1. The van der Waals surface area contributed by atoms with Gasteiger partial charge in [-0.2, -0.15) is 0 Å². The summed E-state index contributed by atoms with van der Waals surface area (Å²) in [6.45, 7) is 0.380. The molecule has 0 fully saturated rings. The van der Waals surface area contributed by atoms with Crippen LogP contribution in [0.2, 0.25) is 0 Å². The van der Waals surface area contributed by atoms with Crippen molar-refractivity contribution in [1.29, 1.82) is 0 Å². The number of hydrogen-bond donors (Lipinski definition) is 1. The summed E-state index contributed by atoms with van der Waals surface area (Å²) in [6, 6.07) is 19.4. The van der Waals surface area contributed by atoms with Gasteiger partial charge in [-0.3, -0.25) is 4.79 Å². The summed E-state index contributed by atoms with van der Waals surface area (Å²) >= 11 is 3.33. The Labute approximate surface area is 159 Å². The molecule has 0 saturated heterocycles. The van der Waals surface area contributed by atoms with Gasteiger partial charge in [-0.05, 0) is 35.9 Å². The summed E-state index contributed by atoms with van der Waals surface area (Å²) in [5.74, 6) is 1.34. The van der Waals surface area contributed by atoms with E-state index < -0.39 is 0 Å². The van der Waals surface area contributed by atoms with E-state index in [1.54, 1.807) is 29.4 Å². The molecule has 2 heterocycles. The van der Waals surface area contributed by atoms with Crippen molar-refractivity contribution >= 4 is 39.2 Å². The van der Waals surface area contributed by atoms with Crippen LogP contribution in [0.1, 0.15) is 21.7 Å². The summed E-state index contributed by atoms with van der Waals surface area (Å²) < 4.78 is 7.45. The largest absolute Gasteiger partial charge is 0.467 e. The predicted molar refractivity (Wildman–Crippen MR) is 106 cm³/mol. The molecule has 0 saturated carbocycles. The molecule has 2 aromatic heterocycles. The third-order valence-electron chi connectivity index (χ3n) is 3.89. The molecule has 0 bridgehead atoms. The Morgan fingerprint density at radius 1 is 1.08 bits per heavy atom. The van der Waals surface area contributed by atoms with E-state index in [0.29, 0.717) is 17.9 Å². The Hall–Kier alpha value is -2.57. The quantitative estimate of drug-likeness (QED) is 0.472. The smallest absolute Gasteiger partial charge is 0.251 e. The molecule has 4 nitrogen and oxygen atoms in total. The number of thiazole rings is 1. The average molecular weight is 380 g/mol. The Bertz CT molecular complexity index is 992. The molecule has 4 aromatic rings. The first-order valence-corrected chi connectivity index (χ1v) is 9.97. The normalized spacial score (nSPS) is 10.9. The highest BCUT2D eigenvalue weighted by Gasteiger charge is 2.12. The molecule has 0 spiro atoms. The molecule has 0 atom stereocenters. The molecule has 0 radical (unpaired) electrons. The molecular weight excluding hydrogens is 364 g/mol. The highest BCUT2D eigenvalue weighted by atomic mass is 32.2. The third-order valence-corrected chi connectivity index (χ3v) is 6.12. The van der Waals surface area contributed by atoms with Crippen LogP contribution in [0.15, 0.2) is 75.7 Å². The summed E-state index contributed by atoms with van der Waals surface area (Å²) in [5, 5.41) is 2.91. The predicted octanol–water partition coefficient (Wildman–Crippen LogP) is 5.11. The molecule has 1 amide bonds. The van der Waals surface area contributed by atoms with E-state index >= 15 is 0 Å². The van der Waals surface area contributed by atoms with Crippen molar-refractivity contribution in [1.82, 2.24) is 10.3 Å². The van der Waals surface area contributed by atoms with E-state index in [1.807, 2.05) is 54.6 Å². The zero-order chi connectivity index (χ0) is 17.8. The number of nitrogens with one attached hydrogen (secondary N) is 1. The fourth-order valence-corrected chi connectivity index (χ4v) is 4.67. The maximum atomic E-state index is 12.5. The van der Waals surface area contributed by atoms with Crippen LogP contribution in [0.5, 0.6) is 0 Å². The molecule has 0 unspecified atom stereocenters. The fourth-order valence-electron chi connectivity index (χ4n) is 2.60. The molecular formula is C20H16N2O2S2. The minimum Gasteiger partial charge on any atom is -0.467 e. The van der Waals surface area contributed by atoms with Gasteiger partial charge in [0.2, 0.25) is 0 Å². The van der Waals surface area contributed by atoms with Crippen molar-refractivity contribution in [2.75, 3.05) is 0 Å². The molecule has 26 heavy (non-hydrogen) atoms. The first-order chi connectivity index (χ1) is 12.8. The van der Waals surface area contributed by atoms with Crippen molar-refractivity contribution in [2.45, 2.75) is 16.6 Å². The van der Waals surface area contributed by atoms with E-state index in [1.165, 1.54) is 4.70 Å². The van der Waals surface area contributed by atoms with Crippen molar-refractivity contribution in [3.05, 3.63) is 83.8 Å². The standard InChI is InChI=1S/C20H16N2O2S2/c23-19(21-12-15-7-5-11-24-15)16-8-2-1-6-14(16)13-25-20-22-17-9-3-4-10-18(17)26-20/h1-11H,12-13H2,(H,21,23). The van der Waals surface area contributed by atoms with Gasteiger partial charge in [0.15, 0.2) is 4.34 Å². The third kappa shape index (κ3) is 3.81. The van der Waals surface area contributed by atoms with Crippen LogP contribution >= 0.6 is 23.1 Å². The summed E-state index contributed by atoms with van der Waals surface area (Å²) in [4.78, 5) is 17.2. The lowest BCUT2D eigenvalue weighted by Gasteiger charge is -2.08. The molecule has 2 aromatic carbocycles. The van der Waals surface area contributed by atoms with Crippen LogP contribution in [0.3, 0.4) is 0 Å². The second-order valence-electron chi connectivity index (χ2n) is 5.66. The second kappa shape index (κ2) is 7.76. The second-order valence-corrected chi connectivity index (χ2v) is 7.91. The number of thioether (sulfide) groups is 1. The first kappa shape index (κ1) is 16.9. The lowest BCUT2D eigenvalue weighted by atomic mass is 10.1. The SMILES string of the molecule is O=C(NCc1ccco1)c1ccccc1CSc1nc2ccccc2s1. The summed E-state index contributed by atoms with van der Waals surface area (Å²) in [6.07, 6.45) is 1.60. The van der Waals surface area contributed by atoms with Gasteiger partial charge >= 0.3 is 0 Å². The molecule has 0 aliphatic heterocycles. The number of rotatable bonds is 6. The van der Waals surface area contributed by atoms with Gasteiger partial charge < -0.3 is 9.73 Å². The van der Waals surface area contributed by atoms with Crippen LogP contribution in [0.25, 0.3) is 10.2 Å². The van der Waals surface area contributed by atoms with Gasteiger partial charge in [0.05, 0.1) is 23.0 Å². The van der Waals surface area contributed by atoms with Gasteiger partial charge in [0, 0.05) is 11.3 Å². The molecule has 0 aliphatic rings. The number of fused-ring (bicyclic) bond motifs is 1. The monoisotopic (exact) mass is 380 g/mol. The van der Waals surface area contributed by atoms with Gasteiger partial charge in [-0.1, -0.05) is 42.1 Å². The molecule has 130 valence electrons. The van der Waals surface area contributed by atoms with E-state index in [4.69, 9.17) is 4.42 Å². The lowest BCUT2D eigenvalue weighted by molar-refractivity contribution is 0.0947. The number of furan rings is 1. The van der Waals surface area contributed by atoms with Crippen molar-refractivity contribution in [3.63, 3.8) is 0 Å². The van der Waals surface area contributed by atoms with Crippen molar-refractivity contribution in [3.8, 4) is 0 Å². The van der Waals surface area contributed by atoms with E-state index in [9.17, 15) is 4.79 Å². The number of carbonyl (C=O) groups excluding carboxylic acids is 1. The number of nitrogens with zero attached hydrogens (tertiary/aromatic N) is 1. The van der Waals surface area contributed by atoms with Crippen molar-refractivity contribution < 1.29 is 9.21 Å². The topological polar surface area (TPSA) is 55.1 Å². The van der Waals surface area contributed by atoms with Crippen LogP contribution in [-0.4, -0.2) is 10.9 Å². The van der Waals surface area contributed by atoms with Crippen LogP contribution in [0.4, 0.5) is 0 Å². The lowest BCUT2D eigenvalue weighted by Crippen LogP contribution is -2.23. The molecule has 4 rings (SSSR count). The van der Waals surface area contributed by atoms with Gasteiger partial charge in [0.25, 0.3) is 5.91 Å². The minimum absolute atomic E-state index is 0.0955. The highest BCUT2D eigenvalue weighted by Crippen LogP contribution is 2.32. The molecule has 6 heteroatoms. The van der Waals surface area contributed by atoms with E-state index in [0.717, 1.165) is 21.2 Å². The van der Waals surface area contributed by atoms with Gasteiger partial charge in [-0.15, -0.1) is 11.3 Å². The van der Waals surface area contributed by atoms with Gasteiger partial charge in [0.1, 0.15) is 5.76 Å². The Kier molecular flexibility index (Phi) is 5.04. The molecule has 0 aliphatic carbocycles. The minimum atomic E-state index is -0.0955. The number of benzene rings is 2. The van der Waals surface area contributed by atoms with Gasteiger partial charge in [-0.25, -0.2) is 4.98 Å². The fraction of sp³-hybridized carbons (Fsp3) is 0.100. The van der Waals surface area contributed by atoms with E-state index in [-0.39, 0.29) is 5.91 Å². The van der Waals surface area contributed by atoms with Crippen LogP contribution < -0.4 is 5.32 Å². The number of aromatic nitrogens is 1. The zero-order valence-corrected chi connectivity index (χ0v) is 15.5. The molecule has 1 N–H and O–H groups in total. The van der Waals surface area contributed by atoms with Crippen molar-refractivity contribution in [2.24, 2.45) is 0 Å². The maximum absolute atomic E-state index is 12.5. The zero-order valence-electron chi connectivity index (χ0n) is 13.8. The number of amides is 1. The Morgan fingerprint density at radius 2 is 1.92 bits per heavy atom. The number of carbonyl (C=O) groups is 1. The highest BCUT2D eigenvalue weighted by molar-refractivity contribution is 8.00. The summed E-state index contributed by atoms with van der Waals surface area (Å²) in [5.41, 5.74) is 2.70. The average Bonchev–Trinajstić information content (AvgIpc) is 3.33. The van der Waals surface area contributed by atoms with E-state index in [2.05, 4.69) is 16.4 Å². The van der Waals surface area contributed by atoms with Crippen LogP contribution in [-0.2, 0) is 12.3 Å².